The molecule has 180 valence electrons. The van der Waals surface area contributed by atoms with Crippen molar-refractivity contribution < 1.29 is 23.0 Å². The van der Waals surface area contributed by atoms with Crippen molar-refractivity contribution in [2.24, 2.45) is 4.99 Å². The number of phenols is 1. The van der Waals surface area contributed by atoms with Crippen LogP contribution in [0.5, 0.6) is 11.5 Å². The molecule has 0 fully saturated rings. The molecule has 4 aromatic carbocycles. The van der Waals surface area contributed by atoms with Crippen LogP contribution < -0.4 is 4.74 Å². The molecule has 1 N–H and O–H groups in total. The van der Waals surface area contributed by atoms with Crippen LogP contribution in [0.2, 0.25) is 5.02 Å². The third-order valence-electron chi connectivity index (χ3n) is 6.12. The number of phenolic OH excluding ortho intramolecular Hbond substituents is 1. The van der Waals surface area contributed by atoms with Gasteiger partial charge in [-0.15, -0.1) is 11.8 Å². The first-order valence-electron chi connectivity index (χ1n) is 11.2. The highest BCUT2D eigenvalue weighted by Crippen LogP contribution is 2.50. The molecule has 0 bridgehead atoms. The number of halogens is 3. The second-order valence-corrected chi connectivity index (χ2v) is 10.0. The number of alkyl halides is 2. The van der Waals surface area contributed by atoms with E-state index in [2.05, 4.69) is 0 Å². The number of fused-ring (bicyclic) bond motifs is 4. The van der Waals surface area contributed by atoms with Gasteiger partial charge in [0.1, 0.15) is 11.3 Å². The molecular weight excluding hydrogens is 504 g/mol. The Morgan fingerprint density at radius 2 is 1.83 bits per heavy atom. The fraction of sp³-hybridized carbons (Fsp3) is 0.107. The molecule has 0 radical (unpaired) electrons. The van der Waals surface area contributed by atoms with Crippen molar-refractivity contribution in [2.45, 2.75) is 23.2 Å². The summed E-state index contributed by atoms with van der Waals surface area (Å²) in [5, 5.41) is 12.5. The van der Waals surface area contributed by atoms with Crippen molar-refractivity contribution in [2.75, 3.05) is 0 Å². The van der Waals surface area contributed by atoms with Crippen LogP contribution in [0, 0.1) is 0 Å². The van der Waals surface area contributed by atoms with Crippen LogP contribution in [0.15, 0.2) is 93.2 Å². The van der Waals surface area contributed by atoms with Crippen molar-refractivity contribution in [1.29, 1.82) is 0 Å². The van der Waals surface area contributed by atoms with Crippen molar-refractivity contribution >= 4 is 56.7 Å². The monoisotopic (exact) mass is 521 g/mol. The van der Waals surface area contributed by atoms with E-state index in [-0.39, 0.29) is 22.3 Å². The number of hydrogen-bond acceptors (Lipinski definition) is 5. The van der Waals surface area contributed by atoms with Crippen molar-refractivity contribution in [3.05, 3.63) is 95.0 Å². The first-order valence-corrected chi connectivity index (χ1v) is 12.4. The summed E-state index contributed by atoms with van der Waals surface area (Å²) in [5.41, 5.74) is 3.76. The lowest BCUT2D eigenvalue weighted by Crippen LogP contribution is -2.07. The third kappa shape index (κ3) is 4.08. The van der Waals surface area contributed by atoms with E-state index in [0.29, 0.717) is 28.3 Å². The van der Waals surface area contributed by atoms with Crippen LogP contribution in [0.4, 0.5) is 14.5 Å². The standard InChI is InChI=1S/C28H18ClF2NO3S/c29-15-9-11-21(33)18(13-15)20-14-25(36-24-8-4-2-6-19(24)32-20)17-10-12-23(35-28(30)31)27-26(17)16-5-1-3-7-22(16)34-27/h1-13,25,28,33H,14H2. The second kappa shape index (κ2) is 9.15. The number of thioether (sulfide) groups is 1. The highest BCUT2D eigenvalue weighted by molar-refractivity contribution is 7.99. The Labute approximate surface area is 214 Å². The molecule has 1 unspecified atom stereocenters. The molecule has 1 aliphatic heterocycles. The predicted octanol–water partition coefficient (Wildman–Crippen LogP) is 8.90. The predicted molar refractivity (Wildman–Crippen MR) is 139 cm³/mol. The molecule has 36 heavy (non-hydrogen) atoms. The van der Waals surface area contributed by atoms with Gasteiger partial charge in [-0.3, -0.25) is 4.99 Å². The zero-order valence-electron chi connectivity index (χ0n) is 18.6. The third-order valence-corrected chi connectivity index (χ3v) is 7.66. The minimum atomic E-state index is -2.98. The molecule has 1 atom stereocenters. The Bertz CT molecular complexity index is 1650. The summed E-state index contributed by atoms with van der Waals surface area (Å²) in [6.45, 7) is -2.98. The van der Waals surface area contributed by atoms with Gasteiger partial charge >= 0.3 is 6.61 Å². The summed E-state index contributed by atoms with van der Waals surface area (Å²) in [6.07, 6.45) is 0.455. The van der Waals surface area contributed by atoms with Gasteiger partial charge in [-0.25, -0.2) is 0 Å². The van der Waals surface area contributed by atoms with Crippen molar-refractivity contribution in [3.63, 3.8) is 0 Å². The molecule has 5 aromatic rings. The smallest absolute Gasteiger partial charge is 0.387 e. The molecule has 0 saturated carbocycles. The van der Waals surface area contributed by atoms with Gasteiger partial charge in [0.25, 0.3) is 0 Å². The van der Waals surface area contributed by atoms with Crippen LogP contribution in [-0.4, -0.2) is 17.4 Å². The number of furan rings is 1. The maximum absolute atomic E-state index is 13.2. The number of rotatable bonds is 4. The number of para-hydroxylation sites is 2. The summed E-state index contributed by atoms with van der Waals surface area (Å²) in [7, 11) is 0. The molecule has 8 heteroatoms. The van der Waals surface area contributed by atoms with E-state index >= 15 is 0 Å². The number of aromatic hydroxyl groups is 1. The number of nitrogens with zero attached hydrogens (tertiary/aromatic N) is 1. The largest absolute Gasteiger partial charge is 0.507 e. The first-order chi connectivity index (χ1) is 17.5. The fourth-order valence-corrected chi connectivity index (χ4v) is 6.02. The average molecular weight is 522 g/mol. The van der Waals surface area contributed by atoms with Gasteiger partial charge in [-0.1, -0.05) is 48.0 Å². The zero-order valence-corrected chi connectivity index (χ0v) is 20.2. The van der Waals surface area contributed by atoms with Gasteiger partial charge < -0.3 is 14.3 Å². The molecule has 0 aliphatic carbocycles. The number of ether oxygens (including phenoxy) is 1. The zero-order chi connectivity index (χ0) is 24.8. The molecular formula is C28H18ClF2NO3S. The lowest BCUT2D eigenvalue weighted by atomic mass is 9.97. The molecule has 0 spiro atoms. The highest BCUT2D eigenvalue weighted by Gasteiger charge is 2.28. The Hall–Kier alpha value is -3.55. The normalized spacial score (nSPS) is 15.7. The van der Waals surface area contributed by atoms with Gasteiger partial charge in [0, 0.05) is 37.9 Å². The number of hydrogen-bond donors (Lipinski definition) is 1. The Morgan fingerprint density at radius 3 is 2.69 bits per heavy atom. The molecule has 2 heterocycles. The van der Waals surface area contributed by atoms with Crippen LogP contribution in [0.3, 0.4) is 0 Å². The maximum atomic E-state index is 13.2. The molecule has 4 nitrogen and oxygen atoms in total. The van der Waals surface area contributed by atoms with E-state index in [9.17, 15) is 13.9 Å². The average Bonchev–Trinajstić information content (AvgIpc) is 3.15. The minimum Gasteiger partial charge on any atom is -0.507 e. The van der Waals surface area contributed by atoms with Gasteiger partial charge in [0.2, 0.25) is 0 Å². The first kappa shape index (κ1) is 22.9. The van der Waals surface area contributed by atoms with E-state index < -0.39 is 6.61 Å². The van der Waals surface area contributed by atoms with Crippen LogP contribution >= 0.6 is 23.4 Å². The molecule has 6 rings (SSSR count). The Balaban J connectivity index is 1.57. The summed E-state index contributed by atoms with van der Waals surface area (Å²) in [6, 6.07) is 23.4. The Morgan fingerprint density at radius 1 is 1.03 bits per heavy atom. The lowest BCUT2D eigenvalue weighted by Gasteiger charge is -2.18. The number of aliphatic imine (C=N–C) groups is 1. The summed E-state index contributed by atoms with van der Waals surface area (Å²) in [5.74, 6) is 0.0706. The molecule has 1 aromatic heterocycles. The van der Waals surface area contributed by atoms with Crippen LogP contribution in [-0.2, 0) is 0 Å². The summed E-state index contributed by atoms with van der Waals surface area (Å²) < 4.78 is 37.1. The van der Waals surface area contributed by atoms with Crippen molar-refractivity contribution in [1.82, 2.24) is 0 Å². The van der Waals surface area contributed by atoms with Gasteiger partial charge in [-0.2, -0.15) is 8.78 Å². The van der Waals surface area contributed by atoms with Gasteiger partial charge in [0.05, 0.1) is 11.4 Å². The van der Waals surface area contributed by atoms with Crippen LogP contribution in [0.1, 0.15) is 22.8 Å². The minimum absolute atomic E-state index is 0.0136. The number of benzene rings is 4. The summed E-state index contributed by atoms with van der Waals surface area (Å²) in [4.78, 5) is 5.87. The molecule has 0 amide bonds. The maximum Gasteiger partial charge on any atom is 0.387 e. The van der Waals surface area contributed by atoms with E-state index in [4.69, 9.17) is 25.7 Å². The quantitative estimate of drug-likeness (QED) is 0.256. The van der Waals surface area contributed by atoms with Crippen molar-refractivity contribution in [3.8, 4) is 11.5 Å². The highest BCUT2D eigenvalue weighted by atomic mass is 35.5. The van der Waals surface area contributed by atoms with Gasteiger partial charge in [-0.05, 0) is 48.0 Å². The second-order valence-electron chi connectivity index (χ2n) is 8.33. The van der Waals surface area contributed by atoms with E-state index in [0.717, 1.165) is 26.9 Å². The fourth-order valence-electron chi connectivity index (χ4n) is 4.58. The summed E-state index contributed by atoms with van der Waals surface area (Å²) >= 11 is 7.89. The van der Waals surface area contributed by atoms with Crippen LogP contribution in [0.25, 0.3) is 21.9 Å². The molecule has 0 saturated heterocycles. The topological polar surface area (TPSA) is 55.0 Å². The van der Waals surface area contributed by atoms with E-state index in [1.807, 2.05) is 48.5 Å². The van der Waals surface area contributed by atoms with E-state index in [1.165, 1.54) is 6.07 Å². The SMILES string of the molecule is Oc1ccc(Cl)cc1C1=Nc2ccccc2SC(c2ccc(OC(F)F)c3oc4ccccc4c23)C1. The van der Waals surface area contributed by atoms with E-state index in [1.54, 1.807) is 36.0 Å². The Kier molecular flexibility index (Phi) is 5.82. The lowest BCUT2D eigenvalue weighted by molar-refractivity contribution is -0.0493. The molecule has 1 aliphatic rings. The van der Waals surface area contributed by atoms with Gasteiger partial charge in [0.15, 0.2) is 11.3 Å².